The minimum atomic E-state index is 0.373. The number of benzene rings is 2. The van der Waals surface area contributed by atoms with Gasteiger partial charge in [-0.05, 0) is 36.6 Å². The standard InChI is InChI=1S/C21H23BrN4/c1-3-14(13-23)11-20(24)17-7-5-6-8-18(17)21(25)26-16-10-9-15(4-2)19(22)12-16/h3,5-10,12-13,23-24H,4,11H2,1-2H3,(H2,25,26)/b14-3-,23-13?,24-20?. The topological polar surface area (TPSA) is 86.1 Å². The second-order valence-electron chi connectivity index (χ2n) is 5.84. The highest BCUT2D eigenvalue weighted by Gasteiger charge is 2.12. The van der Waals surface area contributed by atoms with E-state index in [-0.39, 0.29) is 0 Å². The molecule has 26 heavy (non-hydrogen) atoms. The average Bonchev–Trinajstić information content (AvgIpc) is 2.66. The molecule has 0 aliphatic heterocycles. The Bertz CT molecular complexity index is 881. The van der Waals surface area contributed by atoms with Gasteiger partial charge < -0.3 is 16.6 Å². The van der Waals surface area contributed by atoms with Crippen molar-refractivity contribution in [1.29, 1.82) is 10.8 Å². The van der Waals surface area contributed by atoms with Crippen LogP contribution in [0.15, 0.2) is 63.6 Å². The second kappa shape index (κ2) is 9.25. The van der Waals surface area contributed by atoms with E-state index in [4.69, 9.17) is 16.6 Å². The maximum absolute atomic E-state index is 8.41. The van der Waals surface area contributed by atoms with Crippen molar-refractivity contribution < 1.29 is 0 Å². The van der Waals surface area contributed by atoms with Gasteiger partial charge in [-0.25, -0.2) is 4.99 Å². The molecule has 0 fully saturated rings. The van der Waals surface area contributed by atoms with E-state index in [1.807, 2.05) is 55.5 Å². The van der Waals surface area contributed by atoms with Gasteiger partial charge in [0.05, 0.1) is 5.69 Å². The van der Waals surface area contributed by atoms with Crippen LogP contribution in [-0.4, -0.2) is 17.8 Å². The number of nitrogens with one attached hydrogen (secondary N) is 2. The molecule has 4 nitrogen and oxygen atoms in total. The molecule has 2 aromatic rings. The Morgan fingerprint density at radius 3 is 2.46 bits per heavy atom. The van der Waals surface area contributed by atoms with E-state index in [9.17, 15) is 0 Å². The normalized spacial score (nSPS) is 12.1. The first-order chi connectivity index (χ1) is 12.5. The highest BCUT2D eigenvalue weighted by atomic mass is 79.9. The summed E-state index contributed by atoms with van der Waals surface area (Å²) in [4.78, 5) is 4.54. The number of amidine groups is 1. The van der Waals surface area contributed by atoms with E-state index in [0.717, 1.165) is 33.3 Å². The summed E-state index contributed by atoms with van der Waals surface area (Å²) in [5.74, 6) is 0.373. The van der Waals surface area contributed by atoms with E-state index < -0.39 is 0 Å². The molecule has 0 atom stereocenters. The molecule has 0 saturated heterocycles. The SMILES string of the molecule is C/C=C(\C=N)CC(=N)c1ccccc1C(N)=Nc1ccc(CC)c(Br)c1. The molecule has 0 heterocycles. The second-order valence-corrected chi connectivity index (χ2v) is 6.69. The Hall–Kier alpha value is -2.53. The van der Waals surface area contributed by atoms with Crippen molar-refractivity contribution in [3.05, 3.63) is 75.3 Å². The molecule has 0 bridgehead atoms. The van der Waals surface area contributed by atoms with E-state index in [1.54, 1.807) is 0 Å². The molecule has 2 aromatic carbocycles. The molecular formula is C21H23BrN4. The van der Waals surface area contributed by atoms with Crippen LogP contribution in [0.5, 0.6) is 0 Å². The van der Waals surface area contributed by atoms with Gasteiger partial charge in [-0.15, -0.1) is 0 Å². The monoisotopic (exact) mass is 410 g/mol. The van der Waals surface area contributed by atoms with Crippen molar-refractivity contribution in [3.63, 3.8) is 0 Å². The van der Waals surface area contributed by atoms with Gasteiger partial charge in [-0.3, -0.25) is 0 Å². The quantitative estimate of drug-likeness (QED) is 0.413. The van der Waals surface area contributed by atoms with Gasteiger partial charge in [0.1, 0.15) is 5.84 Å². The number of hydrogen-bond donors (Lipinski definition) is 3. The maximum Gasteiger partial charge on any atom is 0.132 e. The number of nitrogens with two attached hydrogens (primary N) is 1. The van der Waals surface area contributed by atoms with Gasteiger partial charge in [0.2, 0.25) is 0 Å². The molecule has 0 aliphatic carbocycles. The van der Waals surface area contributed by atoms with Crippen LogP contribution in [0.25, 0.3) is 0 Å². The molecule has 0 radical (unpaired) electrons. The lowest BCUT2D eigenvalue weighted by molar-refractivity contribution is 1.13. The molecule has 2 rings (SSSR count). The Balaban J connectivity index is 2.38. The van der Waals surface area contributed by atoms with Crippen LogP contribution in [-0.2, 0) is 6.42 Å². The number of aliphatic imine (C=N–C) groups is 1. The fourth-order valence-electron chi connectivity index (χ4n) is 2.60. The van der Waals surface area contributed by atoms with Gasteiger partial charge in [0.25, 0.3) is 0 Å². The number of hydrogen-bond acceptors (Lipinski definition) is 3. The Morgan fingerprint density at radius 2 is 1.88 bits per heavy atom. The summed E-state index contributed by atoms with van der Waals surface area (Å²) in [7, 11) is 0. The van der Waals surface area contributed by atoms with Crippen molar-refractivity contribution in [2.75, 3.05) is 0 Å². The third-order valence-corrected chi connectivity index (χ3v) is 4.87. The van der Waals surface area contributed by atoms with Crippen LogP contribution < -0.4 is 5.73 Å². The van der Waals surface area contributed by atoms with Crippen molar-refractivity contribution in [1.82, 2.24) is 0 Å². The summed E-state index contributed by atoms with van der Waals surface area (Å²) in [6.45, 7) is 3.97. The zero-order valence-electron chi connectivity index (χ0n) is 15.0. The lowest BCUT2D eigenvalue weighted by Crippen LogP contribution is -2.18. The van der Waals surface area contributed by atoms with Gasteiger partial charge >= 0.3 is 0 Å². The molecule has 5 heteroatoms. The zero-order chi connectivity index (χ0) is 19.1. The number of allylic oxidation sites excluding steroid dienone is 2. The molecule has 0 aromatic heterocycles. The van der Waals surface area contributed by atoms with Crippen LogP contribution in [0.4, 0.5) is 5.69 Å². The maximum atomic E-state index is 8.41. The molecule has 134 valence electrons. The first kappa shape index (κ1) is 19.8. The molecule has 0 amide bonds. The number of rotatable bonds is 7. The number of aryl methyl sites for hydroxylation is 1. The lowest BCUT2D eigenvalue weighted by Gasteiger charge is -2.11. The predicted molar refractivity (Wildman–Crippen MR) is 114 cm³/mol. The van der Waals surface area contributed by atoms with Gasteiger partial charge in [0.15, 0.2) is 0 Å². The summed E-state index contributed by atoms with van der Waals surface area (Å²) < 4.78 is 1.01. The molecule has 0 aliphatic rings. The first-order valence-corrected chi connectivity index (χ1v) is 9.24. The van der Waals surface area contributed by atoms with E-state index in [2.05, 4.69) is 27.8 Å². The smallest absolute Gasteiger partial charge is 0.132 e. The predicted octanol–water partition coefficient (Wildman–Crippen LogP) is 5.40. The first-order valence-electron chi connectivity index (χ1n) is 8.45. The molecule has 0 saturated carbocycles. The third kappa shape index (κ3) is 4.76. The molecule has 4 N–H and O–H groups in total. The average molecular weight is 411 g/mol. The van der Waals surface area contributed by atoms with Gasteiger partial charge in [0, 0.05) is 33.9 Å². The Kier molecular flexibility index (Phi) is 7.04. The zero-order valence-corrected chi connectivity index (χ0v) is 16.6. The minimum Gasteiger partial charge on any atom is -0.383 e. The highest BCUT2D eigenvalue weighted by Crippen LogP contribution is 2.24. The fraction of sp³-hybridized carbons (Fsp3) is 0.190. The van der Waals surface area contributed by atoms with E-state index >= 15 is 0 Å². The summed E-state index contributed by atoms with van der Waals surface area (Å²) in [6.07, 6.45) is 4.46. The van der Waals surface area contributed by atoms with Crippen LogP contribution in [0.1, 0.15) is 37.0 Å². The van der Waals surface area contributed by atoms with Gasteiger partial charge in [-0.2, -0.15) is 0 Å². The summed E-state index contributed by atoms with van der Waals surface area (Å²) in [6, 6.07) is 13.4. The van der Waals surface area contributed by atoms with Gasteiger partial charge in [-0.1, -0.05) is 59.3 Å². The van der Waals surface area contributed by atoms with Crippen LogP contribution in [0.2, 0.25) is 0 Å². The molecule has 0 unspecified atom stereocenters. The summed E-state index contributed by atoms with van der Waals surface area (Å²) in [5.41, 5.74) is 10.9. The molecule has 0 spiro atoms. The Morgan fingerprint density at radius 1 is 1.19 bits per heavy atom. The number of nitrogens with zero attached hydrogens (tertiary/aromatic N) is 1. The van der Waals surface area contributed by atoms with Crippen molar-refractivity contribution in [2.24, 2.45) is 10.7 Å². The fourth-order valence-corrected chi connectivity index (χ4v) is 3.24. The Labute approximate surface area is 163 Å². The van der Waals surface area contributed by atoms with Crippen molar-refractivity contribution in [2.45, 2.75) is 26.7 Å². The summed E-state index contributed by atoms with van der Waals surface area (Å²) >= 11 is 3.56. The summed E-state index contributed by atoms with van der Waals surface area (Å²) in [5, 5.41) is 15.8. The highest BCUT2D eigenvalue weighted by molar-refractivity contribution is 9.10. The molecular weight excluding hydrogens is 388 g/mol. The van der Waals surface area contributed by atoms with Crippen LogP contribution in [0.3, 0.4) is 0 Å². The largest absolute Gasteiger partial charge is 0.383 e. The van der Waals surface area contributed by atoms with Crippen LogP contribution >= 0.6 is 15.9 Å². The number of halogens is 1. The van der Waals surface area contributed by atoms with Crippen molar-refractivity contribution >= 4 is 39.4 Å². The lowest BCUT2D eigenvalue weighted by atomic mass is 9.97. The minimum absolute atomic E-state index is 0.373. The third-order valence-electron chi connectivity index (χ3n) is 4.13. The van der Waals surface area contributed by atoms with Crippen molar-refractivity contribution in [3.8, 4) is 0 Å². The van der Waals surface area contributed by atoms with E-state index in [1.165, 1.54) is 11.8 Å². The van der Waals surface area contributed by atoms with E-state index in [0.29, 0.717) is 18.0 Å². The van der Waals surface area contributed by atoms with Crippen LogP contribution in [0, 0.1) is 10.8 Å².